The third kappa shape index (κ3) is 3.25. The molecule has 0 aliphatic heterocycles. The van der Waals surface area contributed by atoms with Crippen molar-refractivity contribution in [3.63, 3.8) is 0 Å². The van der Waals surface area contributed by atoms with Crippen molar-refractivity contribution in [2.75, 3.05) is 13.2 Å². The normalized spacial score (nSPS) is 10.6. The number of rotatable bonds is 5. The predicted octanol–water partition coefficient (Wildman–Crippen LogP) is 2.38. The van der Waals surface area contributed by atoms with Gasteiger partial charge in [0.25, 0.3) is 0 Å². The minimum atomic E-state index is -0.355. The number of ether oxygens (including phenoxy) is 2. The molecule has 0 saturated heterocycles. The SMILES string of the molecule is CCOCC(=O)OCc1nc2ccccc2s1. The maximum absolute atomic E-state index is 11.2. The summed E-state index contributed by atoms with van der Waals surface area (Å²) >= 11 is 1.53. The van der Waals surface area contributed by atoms with Gasteiger partial charge in [0.2, 0.25) is 0 Å². The Morgan fingerprint density at radius 3 is 3.00 bits per heavy atom. The van der Waals surface area contributed by atoms with Gasteiger partial charge in [-0.15, -0.1) is 11.3 Å². The number of hydrogen-bond donors (Lipinski definition) is 0. The second-order valence-corrected chi connectivity index (χ2v) is 4.49. The Labute approximate surface area is 103 Å². The van der Waals surface area contributed by atoms with E-state index in [9.17, 15) is 4.79 Å². The maximum Gasteiger partial charge on any atom is 0.332 e. The number of nitrogens with zero attached hydrogens (tertiary/aromatic N) is 1. The maximum atomic E-state index is 11.2. The van der Waals surface area contributed by atoms with E-state index in [4.69, 9.17) is 9.47 Å². The Bertz CT molecular complexity index is 476. The lowest BCUT2D eigenvalue weighted by molar-refractivity contribution is -0.150. The molecule has 0 amide bonds. The number of carbonyl (C=O) groups is 1. The highest BCUT2D eigenvalue weighted by molar-refractivity contribution is 7.18. The van der Waals surface area contributed by atoms with Gasteiger partial charge in [-0.1, -0.05) is 12.1 Å². The van der Waals surface area contributed by atoms with E-state index >= 15 is 0 Å². The van der Waals surface area contributed by atoms with E-state index in [-0.39, 0.29) is 19.2 Å². The molecule has 2 rings (SSSR count). The van der Waals surface area contributed by atoms with E-state index < -0.39 is 0 Å². The minimum Gasteiger partial charge on any atom is -0.457 e. The van der Waals surface area contributed by atoms with Crippen LogP contribution in [0.3, 0.4) is 0 Å². The van der Waals surface area contributed by atoms with Gasteiger partial charge in [0.15, 0.2) is 0 Å². The van der Waals surface area contributed by atoms with Crippen LogP contribution in [0.25, 0.3) is 10.2 Å². The van der Waals surface area contributed by atoms with Crippen molar-refractivity contribution < 1.29 is 14.3 Å². The van der Waals surface area contributed by atoms with Crippen LogP contribution in [-0.4, -0.2) is 24.2 Å². The number of aromatic nitrogens is 1. The number of fused-ring (bicyclic) bond motifs is 1. The lowest BCUT2D eigenvalue weighted by Crippen LogP contribution is -2.12. The fourth-order valence-corrected chi connectivity index (χ4v) is 2.23. The third-order valence-corrected chi connectivity index (χ3v) is 3.13. The molecule has 1 aromatic carbocycles. The Morgan fingerprint density at radius 2 is 2.24 bits per heavy atom. The summed E-state index contributed by atoms with van der Waals surface area (Å²) in [5.41, 5.74) is 0.938. The lowest BCUT2D eigenvalue weighted by atomic mass is 10.3. The van der Waals surface area contributed by atoms with Crippen LogP contribution < -0.4 is 0 Å². The van der Waals surface area contributed by atoms with Gasteiger partial charge in [0, 0.05) is 6.61 Å². The number of hydrogen-bond acceptors (Lipinski definition) is 5. The minimum absolute atomic E-state index is 0.00138. The Balaban J connectivity index is 1.92. The Morgan fingerprint density at radius 1 is 1.41 bits per heavy atom. The van der Waals surface area contributed by atoms with Gasteiger partial charge in [-0.05, 0) is 19.1 Å². The zero-order chi connectivity index (χ0) is 12.1. The largest absolute Gasteiger partial charge is 0.457 e. The van der Waals surface area contributed by atoms with Crippen molar-refractivity contribution in [1.29, 1.82) is 0 Å². The molecule has 17 heavy (non-hydrogen) atoms. The number of esters is 1. The molecule has 0 unspecified atom stereocenters. The van der Waals surface area contributed by atoms with Crippen molar-refractivity contribution in [2.24, 2.45) is 0 Å². The number of para-hydroxylation sites is 1. The molecule has 5 heteroatoms. The van der Waals surface area contributed by atoms with E-state index in [1.165, 1.54) is 11.3 Å². The average Bonchev–Trinajstić information content (AvgIpc) is 2.76. The highest BCUT2D eigenvalue weighted by atomic mass is 32.1. The molecule has 0 atom stereocenters. The summed E-state index contributed by atoms with van der Waals surface area (Å²) in [4.78, 5) is 15.6. The molecule has 0 radical (unpaired) electrons. The molecule has 2 aromatic rings. The van der Waals surface area contributed by atoms with Crippen LogP contribution in [0.4, 0.5) is 0 Å². The quantitative estimate of drug-likeness (QED) is 0.765. The Kier molecular flexibility index (Phi) is 4.06. The lowest BCUT2D eigenvalue weighted by Gasteiger charge is -2.01. The van der Waals surface area contributed by atoms with Gasteiger partial charge >= 0.3 is 5.97 Å². The summed E-state index contributed by atoms with van der Waals surface area (Å²) in [5, 5.41) is 0.802. The van der Waals surface area contributed by atoms with Gasteiger partial charge in [-0.3, -0.25) is 0 Å². The zero-order valence-electron chi connectivity index (χ0n) is 9.51. The first-order valence-electron chi connectivity index (χ1n) is 5.37. The van der Waals surface area contributed by atoms with Crippen molar-refractivity contribution in [1.82, 2.24) is 4.98 Å². The van der Waals surface area contributed by atoms with E-state index in [1.54, 1.807) is 0 Å². The van der Waals surface area contributed by atoms with Crippen LogP contribution in [0, 0.1) is 0 Å². The first-order chi connectivity index (χ1) is 8.29. The molecule has 0 bridgehead atoms. The highest BCUT2D eigenvalue weighted by Gasteiger charge is 2.07. The number of benzene rings is 1. The van der Waals surface area contributed by atoms with E-state index in [0.29, 0.717) is 6.61 Å². The zero-order valence-corrected chi connectivity index (χ0v) is 10.3. The van der Waals surface area contributed by atoms with Crippen LogP contribution >= 0.6 is 11.3 Å². The van der Waals surface area contributed by atoms with Crippen LogP contribution in [0.2, 0.25) is 0 Å². The van der Waals surface area contributed by atoms with Gasteiger partial charge in [-0.25, -0.2) is 9.78 Å². The molecule has 0 spiro atoms. The fraction of sp³-hybridized carbons (Fsp3) is 0.333. The molecular weight excluding hydrogens is 238 g/mol. The summed E-state index contributed by atoms with van der Waals surface area (Å²) in [7, 11) is 0. The first-order valence-corrected chi connectivity index (χ1v) is 6.19. The molecule has 90 valence electrons. The molecule has 0 fully saturated rings. The topological polar surface area (TPSA) is 48.4 Å². The molecule has 0 aliphatic carbocycles. The van der Waals surface area contributed by atoms with Gasteiger partial charge in [0.1, 0.15) is 18.2 Å². The third-order valence-electron chi connectivity index (χ3n) is 2.12. The first kappa shape index (κ1) is 12.0. The summed E-state index contributed by atoms with van der Waals surface area (Å²) in [6.07, 6.45) is 0. The predicted molar refractivity (Wildman–Crippen MR) is 65.9 cm³/mol. The van der Waals surface area contributed by atoms with Crippen molar-refractivity contribution in [2.45, 2.75) is 13.5 Å². The monoisotopic (exact) mass is 251 g/mol. The highest BCUT2D eigenvalue weighted by Crippen LogP contribution is 2.21. The second kappa shape index (κ2) is 5.75. The van der Waals surface area contributed by atoms with Gasteiger partial charge in [0.05, 0.1) is 10.2 Å². The molecular formula is C12H13NO3S. The standard InChI is InChI=1S/C12H13NO3S/c1-2-15-8-12(14)16-7-11-13-9-5-3-4-6-10(9)17-11/h3-6H,2,7-8H2,1H3. The van der Waals surface area contributed by atoms with Crippen LogP contribution in [-0.2, 0) is 20.9 Å². The van der Waals surface area contributed by atoms with E-state index in [0.717, 1.165) is 15.2 Å². The smallest absolute Gasteiger partial charge is 0.332 e. The van der Waals surface area contributed by atoms with Crippen LogP contribution in [0.1, 0.15) is 11.9 Å². The van der Waals surface area contributed by atoms with Crippen molar-refractivity contribution in [3.8, 4) is 0 Å². The number of carbonyl (C=O) groups excluding carboxylic acids is 1. The van der Waals surface area contributed by atoms with Gasteiger partial charge in [-0.2, -0.15) is 0 Å². The summed E-state index contributed by atoms with van der Waals surface area (Å²) in [6.45, 7) is 2.56. The summed E-state index contributed by atoms with van der Waals surface area (Å²) < 4.78 is 11.1. The van der Waals surface area contributed by atoms with Gasteiger partial charge < -0.3 is 9.47 Å². The average molecular weight is 251 g/mol. The van der Waals surface area contributed by atoms with Crippen LogP contribution in [0.15, 0.2) is 24.3 Å². The second-order valence-electron chi connectivity index (χ2n) is 3.37. The van der Waals surface area contributed by atoms with Crippen molar-refractivity contribution >= 4 is 27.5 Å². The van der Waals surface area contributed by atoms with Crippen LogP contribution in [0.5, 0.6) is 0 Å². The molecule has 1 aromatic heterocycles. The summed E-state index contributed by atoms with van der Waals surface area (Å²) in [6, 6.07) is 7.84. The molecule has 1 heterocycles. The molecule has 4 nitrogen and oxygen atoms in total. The van der Waals surface area contributed by atoms with E-state index in [2.05, 4.69) is 4.98 Å². The van der Waals surface area contributed by atoms with E-state index in [1.807, 2.05) is 31.2 Å². The van der Waals surface area contributed by atoms with Crippen molar-refractivity contribution in [3.05, 3.63) is 29.3 Å². The number of thiazole rings is 1. The molecule has 0 aliphatic rings. The summed E-state index contributed by atoms with van der Waals surface area (Å²) in [5.74, 6) is -0.355. The molecule has 0 saturated carbocycles. The fourth-order valence-electron chi connectivity index (χ4n) is 1.35. The Hall–Kier alpha value is -1.46. The molecule has 0 N–H and O–H groups in total.